The largest absolute Gasteiger partial charge is 0.486 e. The number of aliphatic hydroxyl groups is 2. The van der Waals surface area contributed by atoms with Crippen LogP contribution in [0.3, 0.4) is 0 Å². The Hall–Kier alpha value is -2.21. The van der Waals surface area contributed by atoms with Gasteiger partial charge in [0, 0.05) is 40.3 Å². The van der Waals surface area contributed by atoms with Gasteiger partial charge in [-0.3, -0.25) is 4.90 Å². The van der Waals surface area contributed by atoms with Crippen molar-refractivity contribution < 1.29 is 19.7 Å². The van der Waals surface area contributed by atoms with E-state index in [9.17, 15) is 10.2 Å². The number of hydrogen-bond acceptors (Lipinski definition) is 8. The monoisotopic (exact) mass is 522 g/mol. The van der Waals surface area contributed by atoms with E-state index in [4.69, 9.17) is 9.47 Å². The maximum absolute atomic E-state index is 9.22. The van der Waals surface area contributed by atoms with Crippen LogP contribution in [0.4, 0.5) is 11.5 Å². The van der Waals surface area contributed by atoms with Crippen LogP contribution in [-0.4, -0.2) is 70.6 Å². The third kappa shape index (κ3) is 4.91. The molecule has 3 aromatic rings. The van der Waals surface area contributed by atoms with E-state index in [2.05, 4.69) is 37.9 Å². The molecule has 3 N–H and O–H groups in total. The summed E-state index contributed by atoms with van der Waals surface area (Å²) >= 11 is 2.27. The number of anilines is 2. The van der Waals surface area contributed by atoms with Gasteiger partial charge in [0.05, 0.1) is 18.7 Å². The molecule has 0 bridgehead atoms. The molecule has 0 spiro atoms. The minimum Gasteiger partial charge on any atom is -0.486 e. The Balaban J connectivity index is 1.58. The highest BCUT2D eigenvalue weighted by Crippen LogP contribution is 2.37. The number of fused-ring (bicyclic) bond motifs is 2. The first kappa shape index (κ1) is 21.0. The van der Waals surface area contributed by atoms with Crippen LogP contribution in [-0.2, 0) is 0 Å². The molecule has 0 saturated heterocycles. The number of aromatic nitrogens is 2. The minimum atomic E-state index is -0.204. The molecule has 0 fully saturated rings. The number of rotatable bonds is 8. The molecule has 9 heteroatoms. The molecule has 1 unspecified atom stereocenters. The van der Waals surface area contributed by atoms with E-state index in [0.29, 0.717) is 43.6 Å². The van der Waals surface area contributed by atoms with Crippen molar-refractivity contribution in [2.24, 2.45) is 0 Å². The second kappa shape index (κ2) is 9.73. The second-order valence-corrected chi connectivity index (χ2v) is 8.22. The second-order valence-electron chi connectivity index (χ2n) is 6.97. The van der Waals surface area contributed by atoms with Gasteiger partial charge in [-0.15, -0.1) is 0 Å². The van der Waals surface area contributed by atoms with E-state index >= 15 is 0 Å². The Morgan fingerprint density at radius 2 is 1.93 bits per heavy atom. The lowest BCUT2D eigenvalue weighted by atomic mass is 10.1. The summed E-state index contributed by atoms with van der Waals surface area (Å²) in [5.74, 6) is 1.97. The van der Waals surface area contributed by atoms with Crippen molar-refractivity contribution in [2.75, 3.05) is 44.8 Å². The fourth-order valence-electron chi connectivity index (χ4n) is 3.42. The number of nitrogens with zero attached hydrogens (tertiary/aromatic N) is 3. The molecular weight excluding hydrogens is 499 g/mol. The van der Waals surface area contributed by atoms with Crippen LogP contribution in [0.15, 0.2) is 42.7 Å². The molecule has 1 atom stereocenters. The first-order valence-electron chi connectivity index (χ1n) is 9.71. The Bertz CT molecular complexity index is 1010. The van der Waals surface area contributed by atoms with Gasteiger partial charge in [0.1, 0.15) is 24.9 Å². The number of nitrogens with one attached hydrogen (secondary N) is 1. The van der Waals surface area contributed by atoms with Gasteiger partial charge in [0.2, 0.25) is 0 Å². The molecule has 1 aliphatic heterocycles. The first-order valence-corrected chi connectivity index (χ1v) is 10.8. The van der Waals surface area contributed by atoms with Crippen molar-refractivity contribution in [3.63, 3.8) is 0 Å². The molecule has 8 nitrogen and oxygen atoms in total. The van der Waals surface area contributed by atoms with Crippen LogP contribution in [0, 0.1) is 3.57 Å². The summed E-state index contributed by atoms with van der Waals surface area (Å²) in [6.07, 6.45) is 1.32. The van der Waals surface area contributed by atoms with Crippen molar-refractivity contribution in [3.8, 4) is 11.5 Å². The topological polar surface area (TPSA) is 100.0 Å². The lowest BCUT2D eigenvalue weighted by molar-refractivity contribution is 0.0483. The van der Waals surface area contributed by atoms with Crippen LogP contribution in [0.1, 0.15) is 0 Å². The minimum absolute atomic E-state index is 0.0274. The van der Waals surface area contributed by atoms with Crippen LogP contribution in [0.2, 0.25) is 0 Å². The van der Waals surface area contributed by atoms with Crippen LogP contribution < -0.4 is 14.8 Å². The maximum Gasteiger partial charge on any atom is 0.163 e. The highest BCUT2D eigenvalue weighted by atomic mass is 127. The number of halogens is 1. The summed E-state index contributed by atoms with van der Waals surface area (Å²) in [6, 6.07) is 11.8. The zero-order valence-electron chi connectivity index (χ0n) is 16.3. The van der Waals surface area contributed by atoms with Gasteiger partial charge in [0.25, 0.3) is 0 Å². The van der Waals surface area contributed by atoms with Gasteiger partial charge in [-0.2, -0.15) is 0 Å². The molecule has 0 amide bonds. The van der Waals surface area contributed by atoms with Crippen LogP contribution in [0.25, 0.3) is 10.9 Å². The first-order chi connectivity index (χ1) is 14.7. The smallest absolute Gasteiger partial charge is 0.163 e. The van der Waals surface area contributed by atoms with E-state index < -0.39 is 0 Å². The third-order valence-electron chi connectivity index (χ3n) is 4.80. The zero-order valence-corrected chi connectivity index (χ0v) is 18.4. The molecule has 2 aromatic carbocycles. The van der Waals surface area contributed by atoms with Gasteiger partial charge in [-0.05, 0) is 46.9 Å². The third-order valence-corrected chi connectivity index (χ3v) is 5.47. The summed E-state index contributed by atoms with van der Waals surface area (Å²) < 4.78 is 13.2. The van der Waals surface area contributed by atoms with Crippen molar-refractivity contribution >= 4 is 45.0 Å². The average Bonchev–Trinajstić information content (AvgIpc) is 2.73. The highest BCUT2D eigenvalue weighted by molar-refractivity contribution is 14.1. The van der Waals surface area contributed by atoms with Gasteiger partial charge < -0.3 is 25.0 Å². The molecule has 4 rings (SSSR count). The van der Waals surface area contributed by atoms with E-state index in [1.54, 1.807) is 0 Å². The Kier molecular flexibility index (Phi) is 6.82. The molecular formula is C21H23IN4O4. The highest BCUT2D eigenvalue weighted by Gasteiger charge is 2.24. The molecule has 158 valence electrons. The van der Waals surface area contributed by atoms with E-state index in [1.807, 2.05) is 41.3 Å². The number of ether oxygens (including phenoxy) is 2. The van der Waals surface area contributed by atoms with Crippen molar-refractivity contribution in [1.82, 2.24) is 14.9 Å². The Labute approximate surface area is 188 Å². The van der Waals surface area contributed by atoms with Crippen LogP contribution in [0.5, 0.6) is 11.5 Å². The molecule has 2 heterocycles. The lowest BCUT2D eigenvalue weighted by Gasteiger charge is -2.31. The van der Waals surface area contributed by atoms with Gasteiger partial charge in [-0.1, -0.05) is 6.07 Å². The predicted molar refractivity (Wildman–Crippen MR) is 123 cm³/mol. The van der Waals surface area contributed by atoms with Crippen molar-refractivity contribution in [1.29, 1.82) is 0 Å². The lowest BCUT2D eigenvalue weighted by Crippen LogP contribution is -2.43. The molecule has 0 aliphatic carbocycles. The predicted octanol–water partition coefficient (Wildman–Crippen LogP) is 2.40. The summed E-state index contributed by atoms with van der Waals surface area (Å²) in [5.41, 5.74) is 1.71. The Morgan fingerprint density at radius 1 is 1.10 bits per heavy atom. The fourth-order valence-corrected chi connectivity index (χ4v) is 3.97. The van der Waals surface area contributed by atoms with Crippen molar-refractivity contribution in [3.05, 3.63) is 46.3 Å². The number of hydrogen-bond donors (Lipinski definition) is 3. The summed E-state index contributed by atoms with van der Waals surface area (Å²) in [5, 5.41) is 22.6. The molecule has 0 radical (unpaired) electrons. The number of aliphatic hydroxyl groups excluding tert-OH is 2. The SMILES string of the molecule is OCCN(CCO)CC1COc2cc3ncnc(Nc4cccc(I)c4)c3cc2O1. The van der Waals surface area contributed by atoms with E-state index in [-0.39, 0.29) is 19.3 Å². The summed E-state index contributed by atoms with van der Waals surface area (Å²) in [4.78, 5) is 10.7. The summed E-state index contributed by atoms with van der Waals surface area (Å²) in [7, 11) is 0. The molecule has 0 saturated carbocycles. The molecule has 1 aliphatic rings. The molecule has 1 aromatic heterocycles. The summed E-state index contributed by atoms with van der Waals surface area (Å²) in [6.45, 7) is 1.95. The quantitative estimate of drug-likeness (QED) is 0.388. The Morgan fingerprint density at radius 3 is 2.70 bits per heavy atom. The molecule has 30 heavy (non-hydrogen) atoms. The maximum atomic E-state index is 9.22. The van der Waals surface area contributed by atoms with E-state index in [1.165, 1.54) is 6.33 Å². The zero-order chi connectivity index (χ0) is 20.9. The van der Waals surface area contributed by atoms with Crippen LogP contribution >= 0.6 is 22.6 Å². The van der Waals surface area contributed by atoms with Gasteiger partial charge >= 0.3 is 0 Å². The number of benzene rings is 2. The standard InChI is InChI=1S/C21H23IN4O4/c22-14-2-1-3-15(8-14)25-21-17-9-20-19(10-18(17)23-13-24-21)29-12-16(30-20)11-26(4-6-27)5-7-28/h1-3,8-10,13,16,27-28H,4-7,11-12H2,(H,23,24,25). The van der Waals surface area contributed by atoms with Gasteiger partial charge in [-0.25, -0.2) is 9.97 Å². The van der Waals surface area contributed by atoms with E-state index in [0.717, 1.165) is 20.2 Å². The normalized spacial score (nSPS) is 15.5. The average molecular weight is 522 g/mol. The van der Waals surface area contributed by atoms with Gasteiger partial charge in [0.15, 0.2) is 11.5 Å². The fraction of sp³-hybridized carbons (Fsp3) is 0.333. The van der Waals surface area contributed by atoms with Crippen molar-refractivity contribution in [2.45, 2.75) is 6.10 Å².